The monoisotopic (exact) mass is 274 g/mol. The number of imidazole rings is 1. The minimum atomic E-state index is -0.215. The van der Waals surface area contributed by atoms with Crippen molar-refractivity contribution >= 4 is 22.6 Å². The van der Waals surface area contributed by atoms with Gasteiger partial charge in [-0.1, -0.05) is 24.3 Å². The van der Waals surface area contributed by atoms with Crippen molar-refractivity contribution in [2.75, 3.05) is 0 Å². The molecule has 2 aromatic carbocycles. The van der Waals surface area contributed by atoms with Crippen LogP contribution in [0.2, 0.25) is 0 Å². The zero-order valence-electron chi connectivity index (χ0n) is 10.2. The number of benzene rings is 2. The van der Waals surface area contributed by atoms with E-state index in [-0.39, 0.29) is 5.82 Å². The first-order valence-electron chi connectivity index (χ1n) is 6.03. The highest BCUT2D eigenvalue weighted by Gasteiger charge is 2.07. The first-order valence-corrected chi connectivity index (χ1v) is 6.56. The minimum absolute atomic E-state index is 0.215. The Morgan fingerprint density at radius 2 is 2.00 bits per heavy atom. The van der Waals surface area contributed by atoms with Gasteiger partial charge in [-0.25, -0.2) is 9.37 Å². The molecule has 0 aliphatic rings. The highest BCUT2D eigenvalue weighted by atomic mass is 35.5. The third-order valence-corrected chi connectivity index (χ3v) is 3.31. The van der Waals surface area contributed by atoms with Gasteiger partial charge in [-0.3, -0.25) is 0 Å². The molecule has 0 unspecified atom stereocenters. The van der Waals surface area contributed by atoms with Crippen LogP contribution in [0.5, 0.6) is 0 Å². The van der Waals surface area contributed by atoms with Crippen molar-refractivity contribution in [3.8, 4) is 0 Å². The average molecular weight is 275 g/mol. The minimum Gasteiger partial charge on any atom is -0.341 e. The van der Waals surface area contributed by atoms with E-state index in [4.69, 9.17) is 11.6 Å². The van der Waals surface area contributed by atoms with Crippen LogP contribution >= 0.6 is 11.6 Å². The van der Waals surface area contributed by atoms with Gasteiger partial charge in [0.1, 0.15) is 11.6 Å². The number of rotatable bonds is 3. The quantitative estimate of drug-likeness (QED) is 0.718. The number of hydrogen-bond acceptors (Lipinski definition) is 1. The molecule has 0 bridgehead atoms. The Hall–Kier alpha value is -1.87. The van der Waals surface area contributed by atoms with Gasteiger partial charge < -0.3 is 4.98 Å². The summed E-state index contributed by atoms with van der Waals surface area (Å²) < 4.78 is 13.2. The summed E-state index contributed by atoms with van der Waals surface area (Å²) in [7, 11) is 0. The molecule has 0 spiro atoms. The lowest BCUT2D eigenvalue weighted by atomic mass is 10.0. The Bertz CT molecular complexity index is 721. The van der Waals surface area contributed by atoms with Crippen LogP contribution in [0.1, 0.15) is 17.0 Å². The number of alkyl halides is 1. The smallest absolute Gasteiger partial charge is 0.123 e. The van der Waals surface area contributed by atoms with Crippen LogP contribution in [-0.4, -0.2) is 9.97 Å². The number of H-pyrrole nitrogens is 1. The zero-order valence-corrected chi connectivity index (χ0v) is 10.9. The normalized spacial score (nSPS) is 11.1. The highest BCUT2D eigenvalue weighted by molar-refractivity contribution is 6.16. The molecule has 0 saturated heterocycles. The summed E-state index contributed by atoms with van der Waals surface area (Å²) in [5.41, 5.74) is 3.87. The van der Waals surface area contributed by atoms with Crippen molar-refractivity contribution in [3.05, 3.63) is 65.2 Å². The second-order valence-corrected chi connectivity index (χ2v) is 4.70. The van der Waals surface area contributed by atoms with Gasteiger partial charge in [0.25, 0.3) is 0 Å². The van der Waals surface area contributed by atoms with E-state index in [1.54, 1.807) is 12.1 Å². The molecule has 4 heteroatoms. The van der Waals surface area contributed by atoms with E-state index in [0.29, 0.717) is 12.3 Å². The SMILES string of the molecule is Fc1cccc(Cc2cccc3[nH]c(CCl)nc23)c1. The van der Waals surface area contributed by atoms with Crippen LogP contribution in [0, 0.1) is 5.82 Å². The fourth-order valence-corrected chi connectivity index (χ4v) is 2.34. The van der Waals surface area contributed by atoms with E-state index < -0.39 is 0 Å². The van der Waals surface area contributed by atoms with Gasteiger partial charge in [-0.05, 0) is 35.7 Å². The molecule has 2 nitrogen and oxygen atoms in total. The fourth-order valence-electron chi connectivity index (χ4n) is 2.22. The number of nitrogens with zero attached hydrogens (tertiary/aromatic N) is 1. The van der Waals surface area contributed by atoms with Crippen molar-refractivity contribution in [2.24, 2.45) is 0 Å². The van der Waals surface area contributed by atoms with Crippen molar-refractivity contribution in [3.63, 3.8) is 0 Å². The lowest BCUT2D eigenvalue weighted by Gasteiger charge is -2.03. The number of hydrogen-bond donors (Lipinski definition) is 1. The molecule has 0 fully saturated rings. The highest BCUT2D eigenvalue weighted by Crippen LogP contribution is 2.20. The predicted octanol–water partition coefficient (Wildman–Crippen LogP) is 4.03. The molecule has 96 valence electrons. The molecule has 19 heavy (non-hydrogen) atoms. The van der Waals surface area contributed by atoms with Crippen LogP contribution in [0.25, 0.3) is 11.0 Å². The summed E-state index contributed by atoms with van der Waals surface area (Å²) >= 11 is 5.79. The van der Waals surface area contributed by atoms with E-state index in [0.717, 1.165) is 28.0 Å². The van der Waals surface area contributed by atoms with E-state index >= 15 is 0 Å². The van der Waals surface area contributed by atoms with Crippen LogP contribution in [0.4, 0.5) is 4.39 Å². The molecule has 0 radical (unpaired) electrons. The number of halogens is 2. The Morgan fingerprint density at radius 1 is 1.16 bits per heavy atom. The summed E-state index contributed by atoms with van der Waals surface area (Å²) in [5, 5.41) is 0. The third kappa shape index (κ3) is 2.47. The van der Waals surface area contributed by atoms with Gasteiger partial charge in [0.2, 0.25) is 0 Å². The molecular weight excluding hydrogens is 263 g/mol. The van der Waals surface area contributed by atoms with Crippen LogP contribution in [0.3, 0.4) is 0 Å². The Kier molecular flexibility index (Phi) is 3.22. The first kappa shape index (κ1) is 12.2. The number of fused-ring (bicyclic) bond motifs is 1. The van der Waals surface area contributed by atoms with E-state index in [1.807, 2.05) is 24.3 Å². The molecule has 1 aromatic heterocycles. The van der Waals surface area contributed by atoms with Crippen LogP contribution in [0.15, 0.2) is 42.5 Å². The second-order valence-electron chi connectivity index (χ2n) is 4.44. The standard InChI is InChI=1S/C15H12ClFN2/c16-9-14-18-13-6-2-4-11(15(13)19-14)7-10-3-1-5-12(17)8-10/h1-6,8H,7,9H2,(H,18,19). The van der Waals surface area contributed by atoms with Crippen LogP contribution < -0.4 is 0 Å². The largest absolute Gasteiger partial charge is 0.341 e. The Morgan fingerprint density at radius 3 is 2.79 bits per heavy atom. The lowest BCUT2D eigenvalue weighted by Crippen LogP contribution is -1.90. The van der Waals surface area contributed by atoms with E-state index in [1.165, 1.54) is 6.07 Å². The van der Waals surface area contributed by atoms with Gasteiger partial charge in [-0.15, -0.1) is 11.6 Å². The fraction of sp³-hybridized carbons (Fsp3) is 0.133. The van der Waals surface area contributed by atoms with Gasteiger partial charge in [0.15, 0.2) is 0 Å². The zero-order chi connectivity index (χ0) is 13.2. The number of aromatic nitrogens is 2. The Labute approximate surface area is 115 Å². The maximum absolute atomic E-state index is 13.2. The average Bonchev–Trinajstić information content (AvgIpc) is 2.83. The summed E-state index contributed by atoms with van der Waals surface area (Å²) in [5.74, 6) is 0.894. The van der Waals surface area contributed by atoms with E-state index in [9.17, 15) is 4.39 Å². The summed E-state index contributed by atoms with van der Waals surface area (Å²) in [6.07, 6.45) is 0.654. The van der Waals surface area contributed by atoms with Crippen molar-refractivity contribution in [1.82, 2.24) is 9.97 Å². The maximum Gasteiger partial charge on any atom is 0.123 e. The molecule has 3 aromatic rings. The van der Waals surface area contributed by atoms with Crippen molar-refractivity contribution < 1.29 is 4.39 Å². The lowest BCUT2D eigenvalue weighted by molar-refractivity contribution is 0.626. The number of para-hydroxylation sites is 1. The topological polar surface area (TPSA) is 28.7 Å². The Balaban J connectivity index is 2.02. The van der Waals surface area contributed by atoms with E-state index in [2.05, 4.69) is 9.97 Å². The molecule has 1 heterocycles. The molecule has 0 aliphatic heterocycles. The summed E-state index contributed by atoms with van der Waals surface area (Å²) in [6.45, 7) is 0. The molecule has 0 aliphatic carbocycles. The molecule has 3 rings (SSSR count). The third-order valence-electron chi connectivity index (χ3n) is 3.06. The maximum atomic E-state index is 13.2. The van der Waals surface area contributed by atoms with Crippen molar-refractivity contribution in [2.45, 2.75) is 12.3 Å². The molecule has 0 amide bonds. The van der Waals surface area contributed by atoms with Gasteiger partial charge >= 0.3 is 0 Å². The van der Waals surface area contributed by atoms with Crippen LogP contribution in [-0.2, 0) is 12.3 Å². The number of nitrogens with one attached hydrogen (secondary N) is 1. The predicted molar refractivity (Wildman–Crippen MR) is 74.9 cm³/mol. The van der Waals surface area contributed by atoms with Crippen molar-refractivity contribution in [1.29, 1.82) is 0 Å². The molecule has 0 saturated carbocycles. The summed E-state index contributed by atoms with van der Waals surface area (Å²) in [4.78, 5) is 7.63. The first-order chi connectivity index (χ1) is 9.26. The second kappa shape index (κ2) is 5.02. The van der Waals surface area contributed by atoms with Gasteiger partial charge in [-0.2, -0.15) is 0 Å². The molecule has 0 atom stereocenters. The van der Waals surface area contributed by atoms with Gasteiger partial charge in [0.05, 0.1) is 16.9 Å². The summed E-state index contributed by atoms with van der Waals surface area (Å²) in [6, 6.07) is 12.6. The van der Waals surface area contributed by atoms with Gasteiger partial charge in [0, 0.05) is 0 Å². The molecular formula is C15H12ClFN2. The number of aromatic amines is 1. The molecule has 1 N–H and O–H groups in total.